The van der Waals surface area contributed by atoms with Gasteiger partial charge in [0.1, 0.15) is 6.23 Å². The SMILES string of the molecule is O=c1ccc2ccccc2n1[C@H](O)CCl. The molecular weight excluding hydrogens is 214 g/mol. The number of hydrogen-bond donors (Lipinski definition) is 1. The monoisotopic (exact) mass is 223 g/mol. The third-order valence-corrected chi connectivity index (χ3v) is 2.55. The molecule has 0 bridgehead atoms. The average molecular weight is 224 g/mol. The Morgan fingerprint density at radius 3 is 2.73 bits per heavy atom. The van der Waals surface area contributed by atoms with Crippen molar-refractivity contribution < 1.29 is 5.11 Å². The molecule has 0 fully saturated rings. The summed E-state index contributed by atoms with van der Waals surface area (Å²) in [6, 6.07) is 10.5. The summed E-state index contributed by atoms with van der Waals surface area (Å²) in [5.74, 6) is -0.00604. The van der Waals surface area contributed by atoms with Gasteiger partial charge in [-0.3, -0.25) is 9.36 Å². The van der Waals surface area contributed by atoms with Gasteiger partial charge in [-0.15, -0.1) is 11.6 Å². The minimum Gasteiger partial charge on any atom is -0.372 e. The molecule has 1 heterocycles. The Bertz CT molecular complexity index is 535. The van der Waals surface area contributed by atoms with Crippen LogP contribution in [0.15, 0.2) is 41.2 Å². The maximum Gasteiger partial charge on any atom is 0.253 e. The number of pyridine rings is 1. The smallest absolute Gasteiger partial charge is 0.253 e. The fourth-order valence-corrected chi connectivity index (χ4v) is 1.72. The summed E-state index contributed by atoms with van der Waals surface area (Å²) in [6.45, 7) is 0. The Balaban J connectivity index is 2.80. The van der Waals surface area contributed by atoms with E-state index in [0.717, 1.165) is 5.39 Å². The number of nitrogens with zero attached hydrogens (tertiary/aromatic N) is 1. The third-order valence-electron chi connectivity index (χ3n) is 2.28. The van der Waals surface area contributed by atoms with Crippen molar-refractivity contribution in [1.82, 2.24) is 4.57 Å². The predicted molar refractivity (Wildman–Crippen MR) is 60.2 cm³/mol. The molecule has 1 atom stereocenters. The van der Waals surface area contributed by atoms with Crippen LogP contribution in [0.2, 0.25) is 0 Å². The van der Waals surface area contributed by atoms with Crippen molar-refractivity contribution in [1.29, 1.82) is 0 Å². The van der Waals surface area contributed by atoms with Gasteiger partial charge in [-0.25, -0.2) is 0 Å². The number of alkyl halides is 1. The van der Waals surface area contributed by atoms with Gasteiger partial charge in [0.2, 0.25) is 0 Å². The van der Waals surface area contributed by atoms with Crippen molar-refractivity contribution >= 4 is 22.5 Å². The van der Waals surface area contributed by atoms with Crippen LogP contribution in [0.4, 0.5) is 0 Å². The van der Waals surface area contributed by atoms with E-state index in [9.17, 15) is 9.90 Å². The molecule has 1 N–H and O–H groups in total. The van der Waals surface area contributed by atoms with Crippen LogP contribution in [0.1, 0.15) is 6.23 Å². The van der Waals surface area contributed by atoms with E-state index < -0.39 is 6.23 Å². The average Bonchev–Trinajstić information content (AvgIpc) is 2.28. The molecule has 0 saturated carbocycles. The lowest BCUT2D eigenvalue weighted by Gasteiger charge is -2.13. The first-order valence-electron chi connectivity index (χ1n) is 4.58. The van der Waals surface area contributed by atoms with Gasteiger partial charge in [0, 0.05) is 6.07 Å². The van der Waals surface area contributed by atoms with Crippen molar-refractivity contribution in [3.05, 3.63) is 46.8 Å². The van der Waals surface area contributed by atoms with Crippen LogP contribution in [-0.4, -0.2) is 15.6 Å². The van der Waals surface area contributed by atoms with Crippen molar-refractivity contribution in [2.45, 2.75) is 6.23 Å². The minimum absolute atomic E-state index is 0.00604. The van der Waals surface area contributed by atoms with Crippen LogP contribution in [0.3, 0.4) is 0 Å². The van der Waals surface area contributed by atoms with E-state index in [2.05, 4.69) is 0 Å². The summed E-state index contributed by atoms with van der Waals surface area (Å²) in [5, 5.41) is 10.5. The fourth-order valence-electron chi connectivity index (χ4n) is 1.58. The van der Waals surface area contributed by atoms with Crippen molar-refractivity contribution in [3.63, 3.8) is 0 Å². The summed E-state index contributed by atoms with van der Waals surface area (Å²) in [7, 11) is 0. The first-order chi connectivity index (χ1) is 7.24. The number of aromatic nitrogens is 1. The van der Waals surface area contributed by atoms with Crippen molar-refractivity contribution in [2.75, 3.05) is 5.88 Å². The van der Waals surface area contributed by atoms with Gasteiger partial charge in [-0.05, 0) is 17.5 Å². The van der Waals surface area contributed by atoms with E-state index >= 15 is 0 Å². The maximum atomic E-state index is 11.6. The summed E-state index contributed by atoms with van der Waals surface area (Å²) >= 11 is 5.55. The van der Waals surface area contributed by atoms with Crippen LogP contribution in [0, 0.1) is 0 Å². The molecule has 0 unspecified atom stereocenters. The highest BCUT2D eigenvalue weighted by atomic mass is 35.5. The number of rotatable bonds is 2. The van der Waals surface area contributed by atoms with E-state index in [-0.39, 0.29) is 11.4 Å². The second kappa shape index (κ2) is 4.04. The molecule has 1 aromatic carbocycles. The Hall–Kier alpha value is -1.32. The molecule has 2 rings (SSSR count). The Labute approximate surface area is 91.5 Å². The fraction of sp³-hybridized carbons (Fsp3) is 0.182. The standard InChI is InChI=1S/C11H10ClNO2/c12-7-11(15)13-9-4-2-1-3-8(9)5-6-10(13)14/h1-6,11,15H,7H2/t11-/m1/s1. The van der Waals surface area contributed by atoms with Gasteiger partial charge < -0.3 is 5.11 Å². The Kier molecular flexibility index (Phi) is 2.75. The van der Waals surface area contributed by atoms with Crippen LogP contribution in [-0.2, 0) is 0 Å². The topological polar surface area (TPSA) is 42.2 Å². The number of fused-ring (bicyclic) bond motifs is 1. The first kappa shape index (κ1) is 10.2. The quantitative estimate of drug-likeness (QED) is 0.788. The largest absolute Gasteiger partial charge is 0.372 e. The maximum absolute atomic E-state index is 11.6. The second-order valence-corrected chi connectivity index (χ2v) is 3.54. The molecule has 78 valence electrons. The lowest BCUT2D eigenvalue weighted by molar-refractivity contribution is 0.129. The number of aliphatic hydroxyl groups excluding tert-OH is 1. The number of benzene rings is 1. The molecule has 3 nitrogen and oxygen atoms in total. The Morgan fingerprint density at radius 2 is 2.00 bits per heavy atom. The molecule has 4 heteroatoms. The van der Waals surface area contributed by atoms with Crippen LogP contribution >= 0.6 is 11.6 Å². The molecule has 0 saturated heterocycles. The van der Waals surface area contributed by atoms with Crippen LogP contribution < -0.4 is 5.56 Å². The van der Waals surface area contributed by atoms with Gasteiger partial charge in [0.15, 0.2) is 0 Å². The van der Waals surface area contributed by atoms with Crippen LogP contribution in [0.5, 0.6) is 0 Å². The number of halogens is 1. The summed E-state index contributed by atoms with van der Waals surface area (Å²) in [4.78, 5) is 11.6. The van der Waals surface area contributed by atoms with Gasteiger partial charge in [-0.1, -0.05) is 18.2 Å². The Morgan fingerprint density at radius 1 is 1.27 bits per heavy atom. The van der Waals surface area contributed by atoms with Crippen molar-refractivity contribution in [3.8, 4) is 0 Å². The van der Waals surface area contributed by atoms with E-state index in [1.54, 1.807) is 12.1 Å². The summed E-state index contributed by atoms with van der Waals surface area (Å²) in [5.41, 5.74) is 0.444. The molecule has 0 aliphatic rings. The molecular formula is C11H10ClNO2. The third kappa shape index (κ3) is 1.76. The van der Waals surface area contributed by atoms with Gasteiger partial charge in [-0.2, -0.15) is 0 Å². The predicted octanol–water partition coefficient (Wildman–Crippen LogP) is 1.73. The van der Waals surface area contributed by atoms with Gasteiger partial charge in [0.05, 0.1) is 11.4 Å². The zero-order valence-corrected chi connectivity index (χ0v) is 8.69. The van der Waals surface area contributed by atoms with E-state index in [0.29, 0.717) is 5.52 Å². The molecule has 0 amide bonds. The summed E-state index contributed by atoms with van der Waals surface area (Å²) in [6.07, 6.45) is -0.981. The number of aliphatic hydroxyl groups is 1. The second-order valence-electron chi connectivity index (χ2n) is 3.24. The molecule has 1 aromatic heterocycles. The normalized spacial score (nSPS) is 12.9. The van der Waals surface area contributed by atoms with Gasteiger partial charge in [0.25, 0.3) is 5.56 Å². The number of para-hydroxylation sites is 1. The molecule has 2 aromatic rings. The lowest BCUT2D eigenvalue weighted by Crippen LogP contribution is -2.25. The van der Waals surface area contributed by atoms with Crippen LogP contribution in [0.25, 0.3) is 10.9 Å². The molecule has 0 spiro atoms. The molecule has 0 aliphatic heterocycles. The number of hydrogen-bond acceptors (Lipinski definition) is 2. The molecule has 15 heavy (non-hydrogen) atoms. The summed E-state index contributed by atoms with van der Waals surface area (Å²) < 4.78 is 1.29. The van der Waals surface area contributed by atoms with E-state index in [4.69, 9.17) is 11.6 Å². The zero-order valence-electron chi connectivity index (χ0n) is 7.93. The van der Waals surface area contributed by atoms with Gasteiger partial charge >= 0.3 is 0 Å². The van der Waals surface area contributed by atoms with E-state index in [1.807, 2.05) is 18.2 Å². The minimum atomic E-state index is -0.981. The first-order valence-corrected chi connectivity index (χ1v) is 5.12. The zero-order chi connectivity index (χ0) is 10.8. The van der Waals surface area contributed by atoms with E-state index in [1.165, 1.54) is 10.6 Å². The highest BCUT2D eigenvalue weighted by Gasteiger charge is 2.09. The molecule has 0 radical (unpaired) electrons. The lowest BCUT2D eigenvalue weighted by atomic mass is 10.2. The van der Waals surface area contributed by atoms with Crippen molar-refractivity contribution in [2.24, 2.45) is 0 Å². The highest BCUT2D eigenvalue weighted by molar-refractivity contribution is 6.18. The highest BCUT2D eigenvalue weighted by Crippen LogP contribution is 2.14. The molecule has 0 aliphatic carbocycles.